The Morgan fingerprint density at radius 1 is 1.00 bits per heavy atom. The third-order valence-electron chi connectivity index (χ3n) is 5.38. The zero-order valence-electron chi connectivity index (χ0n) is 14.1. The van der Waals surface area contributed by atoms with Crippen molar-refractivity contribution in [3.63, 3.8) is 0 Å². The number of anilines is 1. The number of hydrogen-bond donors (Lipinski definition) is 1. The first-order valence-electron chi connectivity index (χ1n) is 9.21. The van der Waals surface area contributed by atoms with Crippen LogP contribution in [0.2, 0.25) is 0 Å². The number of tetrazole rings is 1. The lowest BCUT2D eigenvalue weighted by molar-refractivity contribution is 0.189. The Morgan fingerprint density at radius 2 is 1.75 bits per heavy atom. The van der Waals surface area contributed by atoms with Crippen molar-refractivity contribution in [3.05, 3.63) is 30.3 Å². The Kier molecular flexibility index (Phi) is 4.74. The predicted octanol–water partition coefficient (Wildman–Crippen LogP) is 2.73. The van der Waals surface area contributed by atoms with E-state index in [4.69, 9.17) is 0 Å². The summed E-state index contributed by atoms with van der Waals surface area (Å²) >= 11 is 0. The Hall–Kier alpha value is -1.95. The van der Waals surface area contributed by atoms with E-state index in [9.17, 15) is 0 Å². The van der Waals surface area contributed by atoms with Crippen molar-refractivity contribution in [2.75, 3.05) is 25.0 Å². The van der Waals surface area contributed by atoms with Gasteiger partial charge in [0.15, 0.2) is 0 Å². The molecule has 1 aliphatic heterocycles. The molecule has 1 saturated heterocycles. The van der Waals surface area contributed by atoms with Crippen LogP contribution in [0.4, 0.5) is 5.95 Å². The number of rotatable bonds is 5. The summed E-state index contributed by atoms with van der Waals surface area (Å²) in [6.45, 7) is 3.66. The van der Waals surface area contributed by atoms with E-state index in [1.807, 2.05) is 30.3 Å². The Morgan fingerprint density at radius 3 is 2.50 bits per heavy atom. The topological polar surface area (TPSA) is 58.9 Å². The van der Waals surface area contributed by atoms with Gasteiger partial charge in [-0.3, -0.25) is 0 Å². The molecule has 6 nitrogen and oxygen atoms in total. The second-order valence-electron chi connectivity index (χ2n) is 7.12. The van der Waals surface area contributed by atoms with E-state index >= 15 is 0 Å². The van der Waals surface area contributed by atoms with Gasteiger partial charge in [-0.15, -0.1) is 0 Å². The van der Waals surface area contributed by atoms with E-state index in [-0.39, 0.29) is 0 Å². The molecule has 128 valence electrons. The molecule has 24 heavy (non-hydrogen) atoms. The smallest absolute Gasteiger partial charge is 0.247 e. The molecule has 2 aliphatic rings. The van der Waals surface area contributed by atoms with Crippen molar-refractivity contribution >= 4 is 5.95 Å². The van der Waals surface area contributed by atoms with Gasteiger partial charge < -0.3 is 10.2 Å². The average molecular weight is 326 g/mol. The van der Waals surface area contributed by atoms with Crippen LogP contribution in [0.3, 0.4) is 0 Å². The Bertz CT molecular complexity index is 626. The molecule has 0 atom stereocenters. The maximum atomic E-state index is 4.17. The summed E-state index contributed by atoms with van der Waals surface area (Å²) in [7, 11) is 0. The van der Waals surface area contributed by atoms with Crippen LogP contribution in [-0.2, 0) is 0 Å². The lowest BCUT2D eigenvalue weighted by atomic mass is 10.0. The van der Waals surface area contributed by atoms with Crippen molar-refractivity contribution in [2.24, 2.45) is 5.92 Å². The van der Waals surface area contributed by atoms with E-state index in [2.05, 4.69) is 25.7 Å². The van der Waals surface area contributed by atoms with E-state index in [1.165, 1.54) is 45.3 Å². The van der Waals surface area contributed by atoms with Crippen molar-refractivity contribution in [1.82, 2.24) is 25.1 Å². The fraction of sp³-hybridized carbons (Fsp3) is 0.611. The molecule has 4 rings (SSSR count). The highest BCUT2D eigenvalue weighted by molar-refractivity contribution is 5.38. The Labute approximate surface area is 143 Å². The van der Waals surface area contributed by atoms with Crippen molar-refractivity contribution in [2.45, 2.75) is 44.6 Å². The van der Waals surface area contributed by atoms with Gasteiger partial charge in [-0.2, -0.15) is 4.68 Å². The zero-order valence-corrected chi connectivity index (χ0v) is 14.1. The normalized spacial score (nSPS) is 20.5. The van der Waals surface area contributed by atoms with Crippen LogP contribution in [0.25, 0.3) is 5.69 Å². The molecule has 2 fully saturated rings. The minimum atomic E-state index is 0.457. The summed E-state index contributed by atoms with van der Waals surface area (Å²) in [4.78, 5) is 2.65. The summed E-state index contributed by atoms with van der Waals surface area (Å²) in [6.07, 6.45) is 8.06. The average Bonchev–Trinajstić information content (AvgIpc) is 3.29. The summed E-state index contributed by atoms with van der Waals surface area (Å²) < 4.78 is 1.78. The van der Waals surface area contributed by atoms with Crippen molar-refractivity contribution in [1.29, 1.82) is 0 Å². The first kappa shape index (κ1) is 15.6. The van der Waals surface area contributed by atoms with Crippen LogP contribution in [0.15, 0.2) is 30.3 Å². The van der Waals surface area contributed by atoms with E-state index in [0.717, 1.165) is 30.4 Å². The molecule has 2 aromatic rings. The zero-order chi connectivity index (χ0) is 16.2. The molecule has 6 heteroatoms. The molecule has 1 N–H and O–H groups in total. The molecule has 1 aromatic carbocycles. The van der Waals surface area contributed by atoms with Crippen LogP contribution in [0.5, 0.6) is 0 Å². The SMILES string of the molecule is c1ccc(-n2nnnc2NC2CCN(CC3CCCC3)CC2)cc1. The molecule has 1 aliphatic carbocycles. The second-order valence-corrected chi connectivity index (χ2v) is 7.12. The molecule has 0 bridgehead atoms. The number of nitrogens with zero attached hydrogens (tertiary/aromatic N) is 5. The number of benzene rings is 1. The van der Waals surface area contributed by atoms with Crippen LogP contribution < -0.4 is 5.32 Å². The van der Waals surface area contributed by atoms with Gasteiger partial charge in [0.05, 0.1) is 5.69 Å². The molecule has 0 unspecified atom stereocenters. The molecule has 1 aromatic heterocycles. The summed E-state index contributed by atoms with van der Waals surface area (Å²) in [5.41, 5.74) is 0.990. The first-order valence-corrected chi connectivity index (χ1v) is 9.21. The van der Waals surface area contributed by atoms with Crippen molar-refractivity contribution in [3.8, 4) is 5.69 Å². The first-order chi connectivity index (χ1) is 11.9. The highest BCUT2D eigenvalue weighted by Gasteiger charge is 2.24. The largest absolute Gasteiger partial charge is 0.350 e. The molecule has 0 radical (unpaired) electrons. The van der Waals surface area contributed by atoms with Crippen LogP contribution in [-0.4, -0.2) is 50.8 Å². The third kappa shape index (κ3) is 3.59. The van der Waals surface area contributed by atoms with Gasteiger partial charge in [-0.1, -0.05) is 36.1 Å². The maximum Gasteiger partial charge on any atom is 0.247 e. The standard InChI is InChI=1S/C18H26N6/c1-2-8-17(9-3-1)24-18(20-21-22-24)19-16-10-12-23(13-11-16)14-15-6-4-5-7-15/h1-3,8-9,15-16H,4-7,10-14H2,(H,19,20,22). The number of nitrogens with one attached hydrogen (secondary N) is 1. The number of aromatic nitrogens is 4. The number of para-hydroxylation sites is 1. The second kappa shape index (κ2) is 7.30. The summed E-state index contributed by atoms with van der Waals surface area (Å²) in [5.74, 6) is 1.69. The van der Waals surface area contributed by atoms with Gasteiger partial charge in [0.1, 0.15) is 0 Å². The number of piperidine rings is 1. The van der Waals surface area contributed by atoms with E-state index in [1.54, 1.807) is 4.68 Å². The Balaban J connectivity index is 1.32. The molecule has 1 saturated carbocycles. The van der Waals surface area contributed by atoms with Crippen LogP contribution >= 0.6 is 0 Å². The van der Waals surface area contributed by atoms with Gasteiger partial charge >= 0.3 is 0 Å². The van der Waals surface area contributed by atoms with Gasteiger partial charge in [-0.05, 0) is 54.2 Å². The highest BCUT2D eigenvalue weighted by Crippen LogP contribution is 2.27. The lowest BCUT2D eigenvalue weighted by Gasteiger charge is -2.33. The maximum absolute atomic E-state index is 4.17. The fourth-order valence-corrected chi connectivity index (χ4v) is 4.02. The predicted molar refractivity (Wildman–Crippen MR) is 94.2 cm³/mol. The minimum Gasteiger partial charge on any atom is -0.350 e. The lowest BCUT2D eigenvalue weighted by Crippen LogP contribution is -2.41. The van der Waals surface area contributed by atoms with Crippen LogP contribution in [0.1, 0.15) is 38.5 Å². The summed E-state index contributed by atoms with van der Waals surface area (Å²) in [5, 5.41) is 15.7. The van der Waals surface area contributed by atoms with Gasteiger partial charge in [0.25, 0.3) is 0 Å². The van der Waals surface area contributed by atoms with E-state index < -0.39 is 0 Å². The third-order valence-corrected chi connectivity index (χ3v) is 5.38. The van der Waals surface area contributed by atoms with Crippen LogP contribution in [0, 0.1) is 5.92 Å². The molecule has 0 spiro atoms. The summed E-state index contributed by atoms with van der Waals surface area (Å²) in [6, 6.07) is 10.5. The highest BCUT2D eigenvalue weighted by atomic mass is 15.6. The quantitative estimate of drug-likeness (QED) is 0.915. The molecule has 2 heterocycles. The van der Waals surface area contributed by atoms with E-state index in [0.29, 0.717) is 6.04 Å². The van der Waals surface area contributed by atoms with Gasteiger partial charge in [-0.25, -0.2) is 0 Å². The number of hydrogen-bond acceptors (Lipinski definition) is 5. The molecular weight excluding hydrogens is 300 g/mol. The minimum absolute atomic E-state index is 0.457. The number of likely N-dealkylation sites (tertiary alicyclic amines) is 1. The monoisotopic (exact) mass is 326 g/mol. The van der Waals surface area contributed by atoms with Crippen molar-refractivity contribution < 1.29 is 0 Å². The van der Waals surface area contributed by atoms with Gasteiger partial charge in [0.2, 0.25) is 5.95 Å². The fourth-order valence-electron chi connectivity index (χ4n) is 4.02. The molecular formula is C18H26N6. The molecule has 0 amide bonds. The van der Waals surface area contributed by atoms with Gasteiger partial charge in [0, 0.05) is 25.7 Å².